The van der Waals surface area contributed by atoms with Crippen molar-refractivity contribution in [3.63, 3.8) is 0 Å². The number of nitrogens with zero attached hydrogens (tertiary/aromatic N) is 3. The number of nitrogen functional groups attached to an aromatic ring is 1. The Kier molecular flexibility index (Phi) is 5.44. The SMILES string of the molecule is C[Si](C)(C)CCSc1nc2c(=O)[nH]c(N)nc2n1[C@H]1C[C@H](O)[C@@H](CO)O1. The van der Waals surface area contributed by atoms with Crippen molar-refractivity contribution in [1.82, 2.24) is 19.5 Å². The van der Waals surface area contributed by atoms with E-state index >= 15 is 0 Å². The Bertz CT molecular complexity index is 849. The fourth-order valence-electron chi connectivity index (χ4n) is 2.83. The van der Waals surface area contributed by atoms with Crippen LogP contribution in [0.5, 0.6) is 0 Å². The first kappa shape index (κ1) is 19.4. The van der Waals surface area contributed by atoms with Gasteiger partial charge in [0.1, 0.15) is 12.3 Å². The Morgan fingerprint density at radius 2 is 2.15 bits per heavy atom. The lowest BCUT2D eigenvalue weighted by Crippen LogP contribution is -2.24. The van der Waals surface area contributed by atoms with E-state index in [1.54, 1.807) is 4.57 Å². The number of imidazole rings is 1. The molecule has 0 aliphatic carbocycles. The van der Waals surface area contributed by atoms with Crippen molar-refractivity contribution in [2.24, 2.45) is 0 Å². The molecule has 1 saturated heterocycles. The van der Waals surface area contributed by atoms with Crippen molar-refractivity contribution in [2.45, 2.75) is 55.7 Å². The molecular formula is C15H25N5O4SSi. The first-order valence-electron chi connectivity index (χ1n) is 8.54. The molecule has 0 spiro atoms. The van der Waals surface area contributed by atoms with Gasteiger partial charge in [-0.2, -0.15) is 4.98 Å². The molecule has 0 aromatic carbocycles. The van der Waals surface area contributed by atoms with E-state index in [2.05, 4.69) is 34.6 Å². The van der Waals surface area contributed by atoms with E-state index in [1.807, 2.05) is 0 Å². The minimum atomic E-state index is -1.21. The zero-order valence-electron chi connectivity index (χ0n) is 15.1. The summed E-state index contributed by atoms with van der Waals surface area (Å²) in [5, 5.41) is 20.0. The molecule has 5 N–H and O–H groups in total. The lowest BCUT2D eigenvalue weighted by Gasteiger charge is -2.18. The summed E-state index contributed by atoms with van der Waals surface area (Å²) in [6.45, 7) is 6.61. The van der Waals surface area contributed by atoms with Crippen LogP contribution in [-0.4, -0.2) is 62.4 Å². The van der Waals surface area contributed by atoms with Gasteiger partial charge >= 0.3 is 0 Å². The van der Waals surface area contributed by atoms with Gasteiger partial charge in [0, 0.05) is 14.5 Å². The molecule has 9 nitrogen and oxygen atoms in total. The molecule has 1 aliphatic heterocycles. The molecule has 2 aromatic rings. The number of aromatic amines is 1. The molecule has 0 amide bonds. The van der Waals surface area contributed by atoms with Crippen molar-refractivity contribution in [3.05, 3.63) is 10.4 Å². The Morgan fingerprint density at radius 1 is 1.42 bits per heavy atom. The van der Waals surface area contributed by atoms with Crippen LogP contribution in [0.25, 0.3) is 11.2 Å². The van der Waals surface area contributed by atoms with E-state index in [9.17, 15) is 15.0 Å². The van der Waals surface area contributed by atoms with Gasteiger partial charge in [0.05, 0.1) is 12.7 Å². The number of fused-ring (bicyclic) bond motifs is 1. The topological polar surface area (TPSA) is 139 Å². The van der Waals surface area contributed by atoms with Crippen LogP contribution in [0.15, 0.2) is 9.95 Å². The third-order valence-corrected chi connectivity index (χ3v) is 7.36. The van der Waals surface area contributed by atoms with Gasteiger partial charge in [0.2, 0.25) is 5.95 Å². The van der Waals surface area contributed by atoms with Crippen LogP contribution < -0.4 is 11.3 Å². The van der Waals surface area contributed by atoms with Gasteiger partial charge in [-0.15, -0.1) is 0 Å². The molecule has 0 saturated carbocycles. The van der Waals surface area contributed by atoms with E-state index < -0.39 is 32.1 Å². The molecule has 144 valence electrons. The van der Waals surface area contributed by atoms with Crippen LogP contribution in [-0.2, 0) is 4.74 Å². The maximum Gasteiger partial charge on any atom is 0.280 e. The monoisotopic (exact) mass is 399 g/mol. The Morgan fingerprint density at radius 3 is 2.77 bits per heavy atom. The lowest BCUT2D eigenvalue weighted by atomic mass is 10.2. The van der Waals surface area contributed by atoms with Crippen LogP contribution in [0, 0.1) is 0 Å². The van der Waals surface area contributed by atoms with Gasteiger partial charge in [-0.3, -0.25) is 14.3 Å². The van der Waals surface area contributed by atoms with Crippen molar-refractivity contribution < 1.29 is 14.9 Å². The average molecular weight is 400 g/mol. The summed E-state index contributed by atoms with van der Waals surface area (Å²) in [5.41, 5.74) is 5.82. The summed E-state index contributed by atoms with van der Waals surface area (Å²) in [5.74, 6) is 0.866. The third kappa shape index (κ3) is 3.96. The maximum atomic E-state index is 12.2. The zero-order chi connectivity index (χ0) is 19.1. The maximum absolute atomic E-state index is 12.2. The number of aliphatic hydroxyl groups excluding tert-OH is 2. The standard InChI is InChI=1S/C15H25N5O4SSi/c1-26(2,3)5-4-25-15-17-11-12(18-14(16)19-13(11)23)20(15)10-6-8(22)9(7-21)24-10/h8-10,21-22H,4-7H2,1-3H3,(H3,16,18,19,23)/t8-,9+,10+/m0/s1. The molecule has 3 atom stereocenters. The molecular weight excluding hydrogens is 374 g/mol. The van der Waals surface area contributed by atoms with Gasteiger partial charge in [0.25, 0.3) is 5.56 Å². The molecule has 3 rings (SSSR count). The minimum absolute atomic E-state index is 0.000414. The number of hydrogen-bond donors (Lipinski definition) is 4. The summed E-state index contributed by atoms with van der Waals surface area (Å²) in [4.78, 5) is 23.3. The van der Waals surface area contributed by atoms with Crippen LogP contribution in [0.2, 0.25) is 25.7 Å². The van der Waals surface area contributed by atoms with Gasteiger partial charge in [0.15, 0.2) is 16.3 Å². The average Bonchev–Trinajstić information content (AvgIpc) is 3.06. The molecule has 0 bridgehead atoms. The van der Waals surface area contributed by atoms with Crippen molar-refractivity contribution in [3.8, 4) is 0 Å². The highest BCUT2D eigenvalue weighted by Gasteiger charge is 2.37. The Labute approximate surface area is 156 Å². The fourth-order valence-corrected chi connectivity index (χ4v) is 6.37. The van der Waals surface area contributed by atoms with Gasteiger partial charge in [-0.25, -0.2) is 4.98 Å². The second-order valence-electron chi connectivity index (χ2n) is 7.66. The van der Waals surface area contributed by atoms with E-state index in [0.717, 1.165) is 11.8 Å². The van der Waals surface area contributed by atoms with Crippen LogP contribution >= 0.6 is 11.8 Å². The normalized spacial score (nSPS) is 23.8. The number of H-pyrrole nitrogens is 1. The summed E-state index contributed by atoms with van der Waals surface area (Å²) in [6, 6.07) is 1.10. The van der Waals surface area contributed by atoms with E-state index in [4.69, 9.17) is 10.5 Å². The molecule has 1 aliphatic rings. The van der Waals surface area contributed by atoms with Crippen molar-refractivity contribution >= 4 is 36.9 Å². The smallest absolute Gasteiger partial charge is 0.280 e. The first-order valence-corrected chi connectivity index (χ1v) is 13.2. The van der Waals surface area contributed by atoms with Crippen LogP contribution in [0.1, 0.15) is 12.6 Å². The highest BCUT2D eigenvalue weighted by Crippen LogP contribution is 2.35. The predicted octanol–water partition coefficient (Wildman–Crippen LogP) is 0.773. The zero-order valence-corrected chi connectivity index (χ0v) is 16.9. The van der Waals surface area contributed by atoms with Crippen molar-refractivity contribution in [1.29, 1.82) is 0 Å². The van der Waals surface area contributed by atoms with Crippen LogP contribution in [0.4, 0.5) is 5.95 Å². The predicted molar refractivity (Wildman–Crippen MR) is 103 cm³/mol. The number of aromatic nitrogens is 4. The summed E-state index contributed by atoms with van der Waals surface area (Å²) >= 11 is 1.54. The third-order valence-electron chi connectivity index (χ3n) is 4.29. The largest absolute Gasteiger partial charge is 0.394 e. The number of rotatable bonds is 6. The number of hydrogen-bond acceptors (Lipinski definition) is 8. The molecule has 0 unspecified atom stereocenters. The summed E-state index contributed by atoms with van der Waals surface area (Å²) in [7, 11) is -1.21. The lowest BCUT2D eigenvalue weighted by molar-refractivity contribution is -0.0457. The van der Waals surface area contributed by atoms with E-state index in [-0.39, 0.29) is 24.5 Å². The van der Waals surface area contributed by atoms with Crippen LogP contribution in [0.3, 0.4) is 0 Å². The first-order chi connectivity index (χ1) is 12.2. The molecule has 0 radical (unpaired) electrons. The Balaban J connectivity index is 2.00. The van der Waals surface area contributed by atoms with Gasteiger partial charge in [-0.05, 0) is 11.8 Å². The van der Waals surface area contributed by atoms with E-state index in [1.165, 1.54) is 11.8 Å². The molecule has 26 heavy (non-hydrogen) atoms. The Hall–Kier alpha value is -1.40. The van der Waals surface area contributed by atoms with E-state index in [0.29, 0.717) is 10.8 Å². The molecule has 3 heterocycles. The highest BCUT2D eigenvalue weighted by atomic mass is 32.2. The molecule has 1 fully saturated rings. The quantitative estimate of drug-likeness (QED) is 0.413. The highest BCUT2D eigenvalue weighted by molar-refractivity contribution is 7.99. The van der Waals surface area contributed by atoms with Gasteiger partial charge in [-0.1, -0.05) is 31.4 Å². The number of ether oxygens (including phenoxy) is 1. The summed E-state index contributed by atoms with van der Waals surface area (Å²) in [6.07, 6.45) is -1.74. The molecule has 2 aromatic heterocycles. The number of aliphatic hydroxyl groups is 2. The number of anilines is 1. The number of nitrogens with one attached hydrogen (secondary N) is 1. The second-order valence-corrected chi connectivity index (χ2v) is 14.3. The molecule has 11 heteroatoms. The number of nitrogens with two attached hydrogens (primary N) is 1. The van der Waals surface area contributed by atoms with Crippen molar-refractivity contribution in [2.75, 3.05) is 18.1 Å². The summed E-state index contributed by atoms with van der Waals surface area (Å²) < 4.78 is 7.49. The fraction of sp³-hybridized carbons (Fsp3) is 0.667. The number of thioether (sulfide) groups is 1. The second kappa shape index (κ2) is 7.31. The minimum Gasteiger partial charge on any atom is -0.394 e. The van der Waals surface area contributed by atoms with Gasteiger partial charge < -0.3 is 20.7 Å².